The van der Waals surface area contributed by atoms with Crippen molar-refractivity contribution in [2.75, 3.05) is 6.61 Å². The molecule has 0 spiro atoms. The SMILES string of the molecule is Cn1c(=O)[nH]c(=O)c2c1nc(OC(=O)c1ccccc1)n2C[C@@H](O)COc1ccc(F)cc1. The van der Waals surface area contributed by atoms with Crippen molar-refractivity contribution in [2.45, 2.75) is 12.6 Å². The zero-order chi connectivity index (χ0) is 23.5. The molecule has 2 heterocycles. The van der Waals surface area contributed by atoms with E-state index >= 15 is 0 Å². The average molecular weight is 454 g/mol. The first-order chi connectivity index (χ1) is 15.8. The van der Waals surface area contributed by atoms with Crippen LogP contribution in [-0.4, -0.2) is 42.9 Å². The van der Waals surface area contributed by atoms with Crippen LogP contribution in [0.25, 0.3) is 11.2 Å². The van der Waals surface area contributed by atoms with Crippen molar-refractivity contribution in [3.05, 3.63) is 86.8 Å². The highest BCUT2D eigenvalue weighted by atomic mass is 19.1. The number of carbonyl (C=O) groups is 1. The lowest BCUT2D eigenvalue weighted by atomic mass is 10.2. The summed E-state index contributed by atoms with van der Waals surface area (Å²) in [6, 6.07) is 13.1. The number of aromatic amines is 1. The van der Waals surface area contributed by atoms with Crippen molar-refractivity contribution in [1.29, 1.82) is 0 Å². The first-order valence-electron chi connectivity index (χ1n) is 9.86. The number of ether oxygens (including phenoxy) is 2. The Bertz CT molecular complexity index is 1410. The predicted molar refractivity (Wildman–Crippen MR) is 115 cm³/mol. The fraction of sp³-hybridized carbons (Fsp3) is 0.182. The van der Waals surface area contributed by atoms with Gasteiger partial charge >= 0.3 is 17.7 Å². The van der Waals surface area contributed by atoms with E-state index in [0.29, 0.717) is 5.75 Å². The van der Waals surface area contributed by atoms with Gasteiger partial charge in [-0.25, -0.2) is 14.0 Å². The summed E-state index contributed by atoms with van der Waals surface area (Å²) in [7, 11) is 1.40. The lowest BCUT2D eigenvalue weighted by molar-refractivity contribution is 0.0684. The van der Waals surface area contributed by atoms with Crippen LogP contribution in [0.1, 0.15) is 10.4 Å². The first-order valence-corrected chi connectivity index (χ1v) is 9.86. The fourth-order valence-corrected chi connectivity index (χ4v) is 3.16. The number of nitrogens with zero attached hydrogens (tertiary/aromatic N) is 3. The molecule has 0 fully saturated rings. The quantitative estimate of drug-likeness (QED) is 0.402. The van der Waals surface area contributed by atoms with Gasteiger partial charge in [-0.3, -0.25) is 18.9 Å². The topological polar surface area (TPSA) is 128 Å². The highest BCUT2D eigenvalue weighted by Crippen LogP contribution is 2.20. The van der Waals surface area contributed by atoms with Crippen molar-refractivity contribution in [3.63, 3.8) is 0 Å². The van der Waals surface area contributed by atoms with Gasteiger partial charge in [0.2, 0.25) is 0 Å². The second-order valence-electron chi connectivity index (χ2n) is 7.17. The zero-order valence-corrected chi connectivity index (χ0v) is 17.4. The maximum absolute atomic E-state index is 13.0. The van der Waals surface area contributed by atoms with Gasteiger partial charge in [0.05, 0.1) is 12.1 Å². The molecule has 0 saturated carbocycles. The Balaban J connectivity index is 1.65. The smallest absolute Gasteiger partial charge is 0.345 e. The van der Waals surface area contributed by atoms with Crippen molar-refractivity contribution in [3.8, 4) is 11.8 Å². The number of benzene rings is 2. The van der Waals surface area contributed by atoms with Crippen LogP contribution in [0.4, 0.5) is 4.39 Å². The molecule has 1 atom stereocenters. The van der Waals surface area contributed by atoms with Gasteiger partial charge in [-0.1, -0.05) is 18.2 Å². The number of aliphatic hydroxyl groups is 1. The summed E-state index contributed by atoms with van der Waals surface area (Å²) < 4.78 is 26.2. The number of fused-ring (bicyclic) bond motifs is 1. The second kappa shape index (κ2) is 9.09. The van der Waals surface area contributed by atoms with Gasteiger partial charge in [0, 0.05) is 7.05 Å². The minimum atomic E-state index is -1.17. The number of hydrogen-bond donors (Lipinski definition) is 2. The summed E-state index contributed by atoms with van der Waals surface area (Å²) in [6.07, 6.45) is -1.17. The third-order valence-corrected chi connectivity index (χ3v) is 4.81. The number of H-pyrrole nitrogens is 1. The fourth-order valence-electron chi connectivity index (χ4n) is 3.16. The molecule has 0 saturated heterocycles. The Labute approximate surface area is 185 Å². The summed E-state index contributed by atoms with van der Waals surface area (Å²) in [6.45, 7) is -0.447. The summed E-state index contributed by atoms with van der Waals surface area (Å²) in [5, 5.41) is 10.5. The number of halogens is 1. The van der Waals surface area contributed by atoms with Crippen LogP contribution >= 0.6 is 0 Å². The maximum atomic E-state index is 13.0. The van der Waals surface area contributed by atoms with E-state index in [1.807, 2.05) is 0 Å². The van der Waals surface area contributed by atoms with Crippen LogP contribution in [0, 0.1) is 5.82 Å². The van der Waals surface area contributed by atoms with Gasteiger partial charge in [-0.2, -0.15) is 4.98 Å². The molecule has 0 aliphatic rings. The number of imidazole rings is 1. The van der Waals surface area contributed by atoms with Crippen molar-refractivity contribution < 1.29 is 23.8 Å². The van der Waals surface area contributed by atoms with E-state index in [0.717, 1.165) is 4.57 Å². The number of esters is 1. The minimum absolute atomic E-state index is 0.0220. The third-order valence-electron chi connectivity index (χ3n) is 4.81. The van der Waals surface area contributed by atoms with Crippen LogP contribution in [0.5, 0.6) is 11.8 Å². The molecule has 0 unspecified atom stereocenters. The number of hydrogen-bond acceptors (Lipinski definition) is 7. The van der Waals surface area contributed by atoms with Crippen LogP contribution in [0.15, 0.2) is 64.2 Å². The Morgan fingerprint density at radius 1 is 1.15 bits per heavy atom. The molecule has 170 valence electrons. The normalized spacial score (nSPS) is 12.0. The van der Waals surface area contributed by atoms with E-state index in [1.54, 1.807) is 30.3 Å². The van der Waals surface area contributed by atoms with Crippen LogP contribution < -0.4 is 20.7 Å². The van der Waals surface area contributed by atoms with Gasteiger partial charge in [-0.15, -0.1) is 0 Å². The molecule has 0 amide bonds. The zero-order valence-electron chi connectivity index (χ0n) is 17.4. The summed E-state index contributed by atoms with van der Waals surface area (Å²) in [4.78, 5) is 43.4. The highest BCUT2D eigenvalue weighted by Gasteiger charge is 2.23. The molecule has 2 aromatic heterocycles. The van der Waals surface area contributed by atoms with Gasteiger partial charge < -0.3 is 14.6 Å². The average Bonchev–Trinajstić information content (AvgIpc) is 3.16. The van der Waals surface area contributed by atoms with E-state index in [2.05, 4.69) is 9.97 Å². The summed E-state index contributed by atoms with van der Waals surface area (Å²) in [5.74, 6) is -0.824. The molecule has 4 rings (SSSR count). The molecular weight excluding hydrogens is 435 g/mol. The maximum Gasteiger partial charge on any atom is 0.345 e. The molecule has 0 radical (unpaired) electrons. The van der Waals surface area contributed by atoms with E-state index in [9.17, 15) is 23.9 Å². The second-order valence-corrected chi connectivity index (χ2v) is 7.17. The van der Waals surface area contributed by atoms with Crippen molar-refractivity contribution in [2.24, 2.45) is 7.05 Å². The Hall–Kier alpha value is -4.25. The standard InChI is InChI=1S/C22H19FN4O6/c1-26-18-17(19(29)25-21(26)31)27(11-15(28)12-32-16-9-7-14(23)8-10-16)22(24-18)33-20(30)13-5-3-2-4-6-13/h2-10,15,28H,11-12H2,1H3,(H,25,29,31)/t15-/m1/s1. The Morgan fingerprint density at radius 2 is 1.85 bits per heavy atom. The summed E-state index contributed by atoms with van der Waals surface area (Å²) in [5.41, 5.74) is -1.29. The number of carbonyl (C=O) groups excluding carboxylic acids is 1. The minimum Gasteiger partial charge on any atom is -0.491 e. The van der Waals surface area contributed by atoms with E-state index in [1.165, 1.54) is 35.9 Å². The lowest BCUT2D eigenvalue weighted by Crippen LogP contribution is -2.30. The monoisotopic (exact) mass is 454 g/mol. The predicted octanol–water partition coefficient (Wildman–Crippen LogP) is 1.22. The van der Waals surface area contributed by atoms with Crippen LogP contribution in [0.3, 0.4) is 0 Å². The third kappa shape index (κ3) is 4.67. The van der Waals surface area contributed by atoms with E-state index < -0.39 is 29.1 Å². The lowest BCUT2D eigenvalue weighted by Gasteiger charge is -2.15. The number of aromatic nitrogens is 4. The number of aryl methyl sites for hydroxylation is 1. The van der Waals surface area contributed by atoms with Crippen LogP contribution in [0.2, 0.25) is 0 Å². The van der Waals surface area contributed by atoms with Gasteiger partial charge in [0.15, 0.2) is 11.2 Å². The molecular formula is C22H19FN4O6. The first kappa shape index (κ1) is 22.0. The van der Waals surface area contributed by atoms with Gasteiger partial charge in [0.25, 0.3) is 5.56 Å². The van der Waals surface area contributed by atoms with Crippen molar-refractivity contribution in [1.82, 2.24) is 19.1 Å². The van der Waals surface area contributed by atoms with Gasteiger partial charge in [-0.05, 0) is 36.4 Å². The number of rotatable bonds is 7. The van der Waals surface area contributed by atoms with Crippen molar-refractivity contribution >= 4 is 17.1 Å². The Kier molecular flexibility index (Phi) is 6.05. The molecule has 2 aromatic carbocycles. The van der Waals surface area contributed by atoms with Gasteiger partial charge in [0.1, 0.15) is 24.3 Å². The largest absolute Gasteiger partial charge is 0.491 e. The molecule has 0 aliphatic heterocycles. The molecule has 2 N–H and O–H groups in total. The van der Waals surface area contributed by atoms with Crippen LogP contribution in [-0.2, 0) is 13.6 Å². The number of nitrogens with one attached hydrogen (secondary N) is 1. The van der Waals surface area contributed by atoms with E-state index in [4.69, 9.17) is 9.47 Å². The number of aliphatic hydroxyl groups excluding tert-OH is 1. The molecule has 0 bridgehead atoms. The highest BCUT2D eigenvalue weighted by molar-refractivity contribution is 5.91. The molecule has 0 aliphatic carbocycles. The molecule has 33 heavy (non-hydrogen) atoms. The molecule has 11 heteroatoms. The molecule has 10 nitrogen and oxygen atoms in total. The van der Waals surface area contributed by atoms with E-state index in [-0.39, 0.29) is 35.9 Å². The summed E-state index contributed by atoms with van der Waals surface area (Å²) >= 11 is 0. The molecule has 4 aromatic rings. The Morgan fingerprint density at radius 3 is 2.55 bits per heavy atom.